The van der Waals surface area contributed by atoms with Crippen LogP contribution in [0, 0.1) is 41.4 Å². The van der Waals surface area contributed by atoms with Crippen LogP contribution in [0.2, 0.25) is 0 Å². The van der Waals surface area contributed by atoms with Crippen molar-refractivity contribution in [3.63, 3.8) is 0 Å². The van der Waals surface area contributed by atoms with Gasteiger partial charge >= 0.3 is 0 Å². The lowest BCUT2D eigenvalue weighted by molar-refractivity contribution is 0.0822. The second kappa shape index (κ2) is 8.23. The first-order valence-corrected chi connectivity index (χ1v) is 8.27. The van der Waals surface area contributed by atoms with Crippen molar-refractivity contribution in [1.82, 2.24) is 0 Å². The highest BCUT2D eigenvalue weighted by Crippen LogP contribution is 2.40. The summed E-state index contributed by atoms with van der Waals surface area (Å²) in [4.78, 5) is 0. The van der Waals surface area contributed by atoms with Crippen LogP contribution in [0.3, 0.4) is 0 Å². The summed E-state index contributed by atoms with van der Waals surface area (Å²) in [5.41, 5.74) is 0. The highest BCUT2D eigenvalue weighted by atomic mass is 14.4. The maximum absolute atomic E-state index is 2.51. The Labute approximate surface area is 117 Å². The third-order valence-electron chi connectivity index (χ3n) is 5.94. The molecule has 0 heteroatoms. The van der Waals surface area contributed by atoms with Gasteiger partial charge in [0.25, 0.3) is 0 Å². The minimum absolute atomic E-state index is 0.801. The van der Waals surface area contributed by atoms with E-state index in [1.807, 2.05) is 0 Å². The molecule has 0 N–H and O–H groups in total. The molecular formula is C18H38. The molecule has 0 aromatic rings. The number of hydrogen-bond donors (Lipinski definition) is 0. The zero-order valence-electron chi connectivity index (χ0n) is 14.5. The monoisotopic (exact) mass is 254 g/mol. The molecular weight excluding hydrogens is 216 g/mol. The quantitative estimate of drug-likeness (QED) is 0.479. The maximum atomic E-state index is 2.51. The van der Waals surface area contributed by atoms with Gasteiger partial charge in [0.2, 0.25) is 0 Å². The fraction of sp³-hybridized carbons (Fsp3) is 1.00. The third-order valence-corrected chi connectivity index (χ3v) is 5.94. The molecule has 6 unspecified atom stereocenters. The lowest BCUT2D eigenvalue weighted by Crippen LogP contribution is -2.34. The largest absolute Gasteiger partial charge is 0.0651 e. The van der Waals surface area contributed by atoms with Gasteiger partial charge in [-0.25, -0.2) is 0 Å². The van der Waals surface area contributed by atoms with Crippen LogP contribution in [-0.4, -0.2) is 0 Å². The molecule has 0 fully saturated rings. The van der Waals surface area contributed by atoms with Crippen molar-refractivity contribution in [3.8, 4) is 0 Å². The topological polar surface area (TPSA) is 0 Å². The first-order valence-electron chi connectivity index (χ1n) is 8.27. The smallest absolute Gasteiger partial charge is 0.0332 e. The molecule has 0 aliphatic rings. The van der Waals surface area contributed by atoms with Gasteiger partial charge in [0.15, 0.2) is 0 Å². The predicted molar refractivity (Wildman–Crippen MR) is 84.7 cm³/mol. The van der Waals surface area contributed by atoms with Crippen molar-refractivity contribution >= 4 is 0 Å². The van der Waals surface area contributed by atoms with Crippen LogP contribution in [0.5, 0.6) is 0 Å². The summed E-state index contributed by atoms with van der Waals surface area (Å²) < 4.78 is 0. The SMILES string of the molecule is CCC(C)C(C)C(C)C(C(C)CC)C(C)C(C)C. The Morgan fingerprint density at radius 1 is 0.556 bits per heavy atom. The van der Waals surface area contributed by atoms with Crippen molar-refractivity contribution in [2.45, 2.75) is 75.2 Å². The highest BCUT2D eigenvalue weighted by Gasteiger charge is 2.33. The van der Waals surface area contributed by atoms with Crippen molar-refractivity contribution < 1.29 is 0 Å². The van der Waals surface area contributed by atoms with E-state index < -0.39 is 0 Å². The van der Waals surface area contributed by atoms with E-state index in [2.05, 4.69) is 62.3 Å². The Kier molecular flexibility index (Phi) is 8.23. The van der Waals surface area contributed by atoms with Crippen LogP contribution in [-0.2, 0) is 0 Å². The van der Waals surface area contributed by atoms with Gasteiger partial charge in [-0.15, -0.1) is 0 Å². The van der Waals surface area contributed by atoms with Gasteiger partial charge in [0.05, 0.1) is 0 Å². The predicted octanol–water partition coefficient (Wildman–Crippen LogP) is 6.26. The lowest BCUT2D eigenvalue weighted by atomic mass is 9.65. The molecule has 0 aromatic heterocycles. The Hall–Kier alpha value is 0. The maximum Gasteiger partial charge on any atom is -0.0332 e. The summed E-state index contributed by atoms with van der Waals surface area (Å²) in [6.45, 7) is 21.8. The molecule has 0 saturated carbocycles. The zero-order chi connectivity index (χ0) is 14.5. The first kappa shape index (κ1) is 18.0. The van der Waals surface area contributed by atoms with Crippen molar-refractivity contribution in [1.29, 1.82) is 0 Å². The Morgan fingerprint density at radius 2 is 1.00 bits per heavy atom. The Bertz CT molecular complexity index is 206. The number of rotatable bonds is 8. The second-order valence-electron chi connectivity index (χ2n) is 7.17. The molecule has 0 bridgehead atoms. The van der Waals surface area contributed by atoms with E-state index in [1.165, 1.54) is 12.8 Å². The molecule has 110 valence electrons. The first-order chi connectivity index (χ1) is 8.27. The van der Waals surface area contributed by atoms with E-state index in [9.17, 15) is 0 Å². The van der Waals surface area contributed by atoms with Crippen molar-refractivity contribution in [2.24, 2.45) is 41.4 Å². The van der Waals surface area contributed by atoms with E-state index in [4.69, 9.17) is 0 Å². The summed E-state index contributed by atoms with van der Waals surface area (Å²) in [5, 5.41) is 0. The van der Waals surface area contributed by atoms with E-state index >= 15 is 0 Å². The van der Waals surface area contributed by atoms with Gasteiger partial charge in [0.1, 0.15) is 0 Å². The Balaban J connectivity index is 4.95. The molecule has 18 heavy (non-hydrogen) atoms. The highest BCUT2D eigenvalue weighted by molar-refractivity contribution is 4.82. The lowest BCUT2D eigenvalue weighted by Gasteiger charge is -2.40. The minimum atomic E-state index is 0.801. The molecule has 0 amide bonds. The van der Waals surface area contributed by atoms with Crippen molar-refractivity contribution in [2.75, 3.05) is 0 Å². The van der Waals surface area contributed by atoms with Gasteiger partial charge in [-0.3, -0.25) is 0 Å². The average Bonchev–Trinajstić information content (AvgIpc) is 2.36. The van der Waals surface area contributed by atoms with Gasteiger partial charge in [-0.05, 0) is 41.4 Å². The van der Waals surface area contributed by atoms with Crippen LogP contribution in [0.1, 0.15) is 75.2 Å². The van der Waals surface area contributed by atoms with Gasteiger partial charge in [-0.1, -0.05) is 75.2 Å². The summed E-state index contributed by atoms with van der Waals surface area (Å²) in [6, 6.07) is 0. The van der Waals surface area contributed by atoms with E-state index in [1.54, 1.807) is 0 Å². The van der Waals surface area contributed by atoms with E-state index in [0.29, 0.717) is 0 Å². The Morgan fingerprint density at radius 3 is 1.33 bits per heavy atom. The molecule has 0 nitrogen and oxygen atoms in total. The second-order valence-corrected chi connectivity index (χ2v) is 7.17. The average molecular weight is 255 g/mol. The molecule has 0 saturated heterocycles. The fourth-order valence-corrected chi connectivity index (χ4v) is 3.47. The molecule has 0 radical (unpaired) electrons. The van der Waals surface area contributed by atoms with Crippen LogP contribution < -0.4 is 0 Å². The zero-order valence-corrected chi connectivity index (χ0v) is 14.5. The summed E-state index contributed by atoms with van der Waals surface area (Å²) in [7, 11) is 0. The summed E-state index contributed by atoms with van der Waals surface area (Å²) in [5.74, 6) is 5.90. The normalized spacial score (nSPS) is 22.3. The minimum Gasteiger partial charge on any atom is -0.0651 e. The van der Waals surface area contributed by atoms with Gasteiger partial charge in [0, 0.05) is 0 Å². The molecule has 0 spiro atoms. The molecule has 6 atom stereocenters. The molecule has 0 aromatic carbocycles. The standard InChI is InChI=1S/C18H38/c1-10-13(5)16(8)17(9)18(14(6)11-2)15(7)12(3)4/h12-18H,10-11H2,1-9H3. The van der Waals surface area contributed by atoms with Crippen molar-refractivity contribution in [3.05, 3.63) is 0 Å². The molecule has 0 aliphatic heterocycles. The molecule has 0 rings (SSSR count). The van der Waals surface area contributed by atoms with Gasteiger partial charge in [-0.2, -0.15) is 0 Å². The molecule has 0 aliphatic carbocycles. The number of hydrogen-bond acceptors (Lipinski definition) is 0. The van der Waals surface area contributed by atoms with Crippen LogP contribution in [0.15, 0.2) is 0 Å². The van der Waals surface area contributed by atoms with Crippen LogP contribution >= 0.6 is 0 Å². The summed E-state index contributed by atoms with van der Waals surface area (Å²) >= 11 is 0. The summed E-state index contributed by atoms with van der Waals surface area (Å²) in [6.07, 6.45) is 2.63. The van der Waals surface area contributed by atoms with Gasteiger partial charge < -0.3 is 0 Å². The third kappa shape index (κ3) is 4.59. The van der Waals surface area contributed by atoms with Crippen LogP contribution in [0.4, 0.5) is 0 Å². The van der Waals surface area contributed by atoms with Crippen LogP contribution in [0.25, 0.3) is 0 Å². The van der Waals surface area contributed by atoms with E-state index in [-0.39, 0.29) is 0 Å². The molecule has 0 heterocycles. The van der Waals surface area contributed by atoms with E-state index in [0.717, 1.165) is 41.4 Å². The fourth-order valence-electron chi connectivity index (χ4n) is 3.47.